The van der Waals surface area contributed by atoms with Crippen LogP contribution in [0.5, 0.6) is 0 Å². The molecule has 2 N–H and O–H groups in total. The average molecular weight is 320 g/mol. The van der Waals surface area contributed by atoms with Crippen molar-refractivity contribution in [1.29, 1.82) is 0 Å². The van der Waals surface area contributed by atoms with Crippen LogP contribution in [-0.4, -0.2) is 23.0 Å². The van der Waals surface area contributed by atoms with Gasteiger partial charge in [0.25, 0.3) is 5.91 Å². The Morgan fingerprint density at radius 2 is 1.86 bits per heavy atom. The Kier molecular flexibility index (Phi) is 5.28. The molecule has 7 heteroatoms. The number of halogens is 3. The molecule has 0 saturated carbocycles. The summed E-state index contributed by atoms with van der Waals surface area (Å²) in [5.74, 6) is -4.00. The van der Waals surface area contributed by atoms with Gasteiger partial charge in [-0.3, -0.25) is 9.59 Å². The highest BCUT2D eigenvalue weighted by Crippen LogP contribution is 2.26. The van der Waals surface area contributed by atoms with E-state index in [9.17, 15) is 18.4 Å². The summed E-state index contributed by atoms with van der Waals surface area (Å²) in [6, 6.07) is 0.924. The lowest BCUT2D eigenvalue weighted by Crippen LogP contribution is -2.44. The number of amides is 1. The van der Waals surface area contributed by atoms with E-state index >= 15 is 0 Å². The normalized spacial score (nSPS) is 12.9. The number of aliphatic carboxylic acids is 1. The minimum absolute atomic E-state index is 0.153. The maximum absolute atomic E-state index is 13.2. The summed E-state index contributed by atoms with van der Waals surface area (Å²) in [5.41, 5.74) is -0.916. The Morgan fingerprint density at radius 1 is 1.33 bits per heavy atom. The summed E-state index contributed by atoms with van der Waals surface area (Å²) >= 11 is 5.72. The predicted molar refractivity (Wildman–Crippen MR) is 74.3 cm³/mol. The quantitative estimate of drug-likeness (QED) is 0.819. The van der Waals surface area contributed by atoms with E-state index in [1.807, 2.05) is 0 Å². The van der Waals surface area contributed by atoms with E-state index in [2.05, 4.69) is 5.32 Å². The van der Waals surface area contributed by atoms with Crippen molar-refractivity contribution in [1.82, 2.24) is 5.32 Å². The Bertz CT molecular complexity index is 576. The van der Waals surface area contributed by atoms with Crippen LogP contribution in [0.1, 0.15) is 37.6 Å². The molecule has 1 rings (SSSR count). The molecule has 0 radical (unpaired) electrons. The summed E-state index contributed by atoms with van der Waals surface area (Å²) < 4.78 is 26.1. The number of hydrogen-bond acceptors (Lipinski definition) is 2. The Hall–Kier alpha value is -1.69. The van der Waals surface area contributed by atoms with E-state index in [-0.39, 0.29) is 17.0 Å². The first kappa shape index (κ1) is 17.4. The van der Waals surface area contributed by atoms with Crippen molar-refractivity contribution in [3.05, 3.63) is 34.4 Å². The smallest absolute Gasteiger partial charge is 0.303 e. The SMILES string of the molecule is CC(NC(=O)c1cc(F)c(F)cc1Cl)C(C)(C)CC(=O)O. The minimum atomic E-state index is -1.18. The van der Waals surface area contributed by atoms with Gasteiger partial charge in [0.1, 0.15) is 0 Å². The van der Waals surface area contributed by atoms with Crippen LogP contribution in [0.3, 0.4) is 0 Å². The molecule has 21 heavy (non-hydrogen) atoms. The maximum atomic E-state index is 13.2. The first-order valence-electron chi connectivity index (χ1n) is 6.22. The fraction of sp³-hybridized carbons (Fsp3) is 0.429. The predicted octanol–water partition coefficient (Wildman–Crippen LogP) is 3.24. The zero-order valence-electron chi connectivity index (χ0n) is 11.8. The number of benzene rings is 1. The van der Waals surface area contributed by atoms with Gasteiger partial charge >= 0.3 is 5.97 Å². The highest BCUT2D eigenvalue weighted by molar-refractivity contribution is 6.33. The molecular formula is C14H16ClF2NO3. The molecule has 0 aliphatic rings. The molecule has 0 fully saturated rings. The lowest BCUT2D eigenvalue weighted by atomic mass is 9.82. The van der Waals surface area contributed by atoms with E-state index in [0.29, 0.717) is 6.07 Å². The monoisotopic (exact) mass is 319 g/mol. The number of carboxylic acid groups (broad SMARTS) is 1. The Balaban J connectivity index is 2.91. The average Bonchev–Trinajstić information content (AvgIpc) is 2.31. The van der Waals surface area contributed by atoms with Crippen LogP contribution in [-0.2, 0) is 4.79 Å². The summed E-state index contributed by atoms with van der Waals surface area (Å²) in [4.78, 5) is 22.8. The third kappa shape index (κ3) is 4.39. The van der Waals surface area contributed by atoms with E-state index in [4.69, 9.17) is 16.7 Å². The van der Waals surface area contributed by atoms with Gasteiger partial charge in [0, 0.05) is 6.04 Å². The minimum Gasteiger partial charge on any atom is -0.481 e. The van der Waals surface area contributed by atoms with Crippen LogP contribution in [0, 0.1) is 17.0 Å². The van der Waals surface area contributed by atoms with Crippen LogP contribution in [0.4, 0.5) is 8.78 Å². The van der Waals surface area contributed by atoms with E-state index < -0.39 is 35.0 Å². The van der Waals surface area contributed by atoms with Crippen molar-refractivity contribution in [2.75, 3.05) is 0 Å². The highest BCUT2D eigenvalue weighted by Gasteiger charge is 2.30. The lowest BCUT2D eigenvalue weighted by molar-refractivity contribution is -0.139. The highest BCUT2D eigenvalue weighted by atomic mass is 35.5. The molecule has 0 spiro atoms. The van der Waals surface area contributed by atoms with Crippen LogP contribution < -0.4 is 5.32 Å². The molecule has 4 nitrogen and oxygen atoms in total. The third-order valence-corrected chi connectivity index (χ3v) is 3.69. The second-order valence-corrected chi connectivity index (χ2v) is 5.91. The molecule has 0 aliphatic carbocycles. The molecule has 0 aromatic heterocycles. The molecule has 1 amide bonds. The third-order valence-electron chi connectivity index (χ3n) is 3.38. The second kappa shape index (κ2) is 6.39. The van der Waals surface area contributed by atoms with Crippen molar-refractivity contribution < 1.29 is 23.5 Å². The number of carboxylic acids is 1. The van der Waals surface area contributed by atoms with Crippen LogP contribution in [0.2, 0.25) is 5.02 Å². The van der Waals surface area contributed by atoms with Crippen molar-refractivity contribution in [3.8, 4) is 0 Å². The first-order chi connectivity index (χ1) is 9.54. The van der Waals surface area contributed by atoms with Crippen LogP contribution in [0.25, 0.3) is 0 Å². The number of carbonyl (C=O) groups excluding carboxylic acids is 1. The van der Waals surface area contributed by atoms with Gasteiger partial charge in [-0.25, -0.2) is 8.78 Å². The molecule has 0 heterocycles. The van der Waals surface area contributed by atoms with Crippen LogP contribution in [0.15, 0.2) is 12.1 Å². The van der Waals surface area contributed by atoms with Crippen molar-refractivity contribution >= 4 is 23.5 Å². The Morgan fingerprint density at radius 3 is 2.38 bits per heavy atom. The van der Waals surface area contributed by atoms with E-state index in [1.165, 1.54) is 0 Å². The molecule has 0 saturated heterocycles. The number of carbonyl (C=O) groups is 2. The molecular weight excluding hydrogens is 304 g/mol. The van der Waals surface area contributed by atoms with Gasteiger partial charge in [0.2, 0.25) is 0 Å². The topological polar surface area (TPSA) is 66.4 Å². The molecule has 116 valence electrons. The number of nitrogens with one attached hydrogen (secondary N) is 1. The zero-order chi connectivity index (χ0) is 16.4. The van der Waals surface area contributed by atoms with Gasteiger partial charge in [-0.05, 0) is 24.5 Å². The van der Waals surface area contributed by atoms with E-state index in [1.54, 1.807) is 20.8 Å². The van der Waals surface area contributed by atoms with Gasteiger partial charge in [-0.15, -0.1) is 0 Å². The number of hydrogen-bond donors (Lipinski definition) is 2. The van der Waals surface area contributed by atoms with Gasteiger partial charge in [0.15, 0.2) is 11.6 Å². The standard InChI is InChI=1S/C14H16ClF2NO3/c1-7(14(2,3)6-12(19)20)18-13(21)8-4-10(16)11(17)5-9(8)15/h4-5,7H,6H2,1-3H3,(H,18,21)(H,19,20). The van der Waals surface area contributed by atoms with Gasteiger partial charge in [-0.2, -0.15) is 0 Å². The second-order valence-electron chi connectivity index (χ2n) is 5.50. The van der Waals surface area contributed by atoms with Gasteiger partial charge in [-0.1, -0.05) is 25.4 Å². The van der Waals surface area contributed by atoms with Crippen molar-refractivity contribution in [2.24, 2.45) is 5.41 Å². The molecule has 0 bridgehead atoms. The molecule has 1 atom stereocenters. The fourth-order valence-corrected chi connectivity index (χ4v) is 1.95. The maximum Gasteiger partial charge on any atom is 0.303 e. The molecule has 1 aromatic carbocycles. The van der Waals surface area contributed by atoms with E-state index in [0.717, 1.165) is 6.07 Å². The lowest BCUT2D eigenvalue weighted by Gasteiger charge is -2.31. The zero-order valence-corrected chi connectivity index (χ0v) is 12.6. The summed E-state index contributed by atoms with van der Waals surface area (Å²) in [5, 5.41) is 11.2. The molecule has 0 aliphatic heterocycles. The van der Waals surface area contributed by atoms with Gasteiger partial charge < -0.3 is 10.4 Å². The Labute approximate surface area is 126 Å². The molecule has 1 aromatic rings. The van der Waals surface area contributed by atoms with Crippen LogP contribution >= 0.6 is 11.6 Å². The largest absolute Gasteiger partial charge is 0.481 e. The first-order valence-corrected chi connectivity index (χ1v) is 6.59. The van der Waals surface area contributed by atoms with Gasteiger partial charge in [0.05, 0.1) is 17.0 Å². The summed E-state index contributed by atoms with van der Waals surface area (Å²) in [6.07, 6.45) is -0.153. The number of rotatable bonds is 5. The van der Waals surface area contributed by atoms with Crippen molar-refractivity contribution in [2.45, 2.75) is 33.2 Å². The summed E-state index contributed by atoms with van der Waals surface area (Å²) in [6.45, 7) is 4.99. The molecule has 1 unspecified atom stereocenters. The fourth-order valence-electron chi connectivity index (χ4n) is 1.71. The summed E-state index contributed by atoms with van der Waals surface area (Å²) in [7, 11) is 0. The van der Waals surface area contributed by atoms with Crippen molar-refractivity contribution in [3.63, 3.8) is 0 Å².